The van der Waals surface area contributed by atoms with E-state index in [1.54, 1.807) is 12.1 Å². The van der Waals surface area contributed by atoms with E-state index in [2.05, 4.69) is 10.3 Å². The van der Waals surface area contributed by atoms with E-state index in [0.29, 0.717) is 18.0 Å². The number of carbonyl (C=O) groups is 2. The van der Waals surface area contributed by atoms with Crippen molar-refractivity contribution in [2.45, 2.75) is 25.7 Å². The van der Waals surface area contributed by atoms with Crippen LogP contribution in [0, 0.1) is 5.92 Å². The van der Waals surface area contributed by atoms with Crippen LogP contribution < -0.4 is 5.32 Å². The van der Waals surface area contributed by atoms with Gasteiger partial charge in [-0.25, -0.2) is 4.79 Å². The van der Waals surface area contributed by atoms with Crippen LogP contribution in [0.2, 0.25) is 0 Å². The third-order valence-corrected chi connectivity index (χ3v) is 3.49. The maximum absolute atomic E-state index is 12.1. The maximum atomic E-state index is 12.1. The van der Waals surface area contributed by atoms with E-state index in [4.69, 9.17) is 5.11 Å². The zero-order valence-corrected chi connectivity index (χ0v) is 11.2. The molecule has 0 spiro atoms. The van der Waals surface area contributed by atoms with Crippen LogP contribution in [0.4, 0.5) is 0 Å². The molecule has 1 aliphatic carbocycles. The lowest BCUT2D eigenvalue weighted by molar-refractivity contribution is -0.131. The molecule has 2 N–H and O–H groups in total. The van der Waals surface area contributed by atoms with Crippen LogP contribution in [-0.2, 0) is 4.79 Å². The number of amides is 1. The van der Waals surface area contributed by atoms with E-state index in [1.165, 1.54) is 25.1 Å². The molecule has 0 aromatic carbocycles. The second-order valence-corrected chi connectivity index (χ2v) is 4.97. The first-order chi connectivity index (χ1) is 9.66. The highest BCUT2D eigenvalue weighted by Crippen LogP contribution is 2.23. The van der Waals surface area contributed by atoms with Gasteiger partial charge in [-0.05, 0) is 30.9 Å². The fourth-order valence-corrected chi connectivity index (χ4v) is 2.44. The Hall–Kier alpha value is -2.17. The van der Waals surface area contributed by atoms with Gasteiger partial charge in [-0.15, -0.1) is 0 Å². The molecule has 1 fully saturated rings. The molecule has 5 nitrogen and oxygen atoms in total. The molecule has 1 aromatic heterocycles. The number of nitrogens with zero attached hydrogens (tertiary/aromatic N) is 1. The lowest BCUT2D eigenvalue weighted by Gasteiger charge is -2.11. The predicted octanol–water partition coefficient (Wildman–Crippen LogP) is 2.10. The summed E-state index contributed by atoms with van der Waals surface area (Å²) < 4.78 is 0. The van der Waals surface area contributed by atoms with Gasteiger partial charge in [0, 0.05) is 24.4 Å². The van der Waals surface area contributed by atoms with Gasteiger partial charge in [-0.2, -0.15) is 0 Å². The number of aromatic nitrogens is 1. The zero-order valence-electron chi connectivity index (χ0n) is 11.2. The van der Waals surface area contributed by atoms with Gasteiger partial charge < -0.3 is 10.4 Å². The third-order valence-electron chi connectivity index (χ3n) is 3.49. The average molecular weight is 274 g/mol. The molecule has 0 aliphatic heterocycles. The Kier molecular flexibility index (Phi) is 4.87. The first kappa shape index (κ1) is 14.2. The topological polar surface area (TPSA) is 79.3 Å². The molecule has 106 valence electrons. The van der Waals surface area contributed by atoms with Gasteiger partial charge in [0.1, 0.15) is 5.69 Å². The van der Waals surface area contributed by atoms with Crippen molar-refractivity contribution in [1.82, 2.24) is 10.3 Å². The molecule has 2 rings (SSSR count). The molecule has 1 aromatic rings. The van der Waals surface area contributed by atoms with Gasteiger partial charge in [0.15, 0.2) is 0 Å². The van der Waals surface area contributed by atoms with Crippen LogP contribution in [0.15, 0.2) is 24.4 Å². The van der Waals surface area contributed by atoms with Crippen molar-refractivity contribution >= 4 is 18.0 Å². The fraction of sp³-hybridized carbons (Fsp3) is 0.400. The lowest BCUT2D eigenvalue weighted by atomic mass is 10.1. The van der Waals surface area contributed by atoms with Crippen molar-refractivity contribution in [1.29, 1.82) is 0 Å². The number of carbonyl (C=O) groups excluding carboxylic acids is 1. The van der Waals surface area contributed by atoms with Crippen molar-refractivity contribution in [2.75, 3.05) is 6.54 Å². The Morgan fingerprint density at radius 2 is 2.15 bits per heavy atom. The number of hydrogen-bond acceptors (Lipinski definition) is 3. The quantitative estimate of drug-likeness (QED) is 0.806. The number of pyridine rings is 1. The monoisotopic (exact) mass is 274 g/mol. The second-order valence-electron chi connectivity index (χ2n) is 4.97. The molecule has 1 amide bonds. The molecule has 1 aliphatic rings. The molecule has 1 saturated carbocycles. The van der Waals surface area contributed by atoms with Crippen LogP contribution in [0.5, 0.6) is 0 Å². The standard InChI is InChI=1S/C15H18N2O3/c18-13(19)8-7-12-6-3-9-16-14(12)15(20)17-10-11-4-1-2-5-11/h3,6-9,11H,1-2,4-5,10H2,(H,17,20)(H,18,19)/b8-7+. The summed E-state index contributed by atoms with van der Waals surface area (Å²) in [5.74, 6) is -0.741. The number of hydrogen-bond donors (Lipinski definition) is 2. The number of carboxylic acids is 1. The van der Waals surface area contributed by atoms with Crippen molar-refractivity contribution in [3.8, 4) is 0 Å². The molecule has 5 heteroatoms. The summed E-state index contributed by atoms with van der Waals surface area (Å²) in [6, 6.07) is 3.35. The minimum absolute atomic E-state index is 0.248. The van der Waals surface area contributed by atoms with Crippen LogP contribution in [0.3, 0.4) is 0 Å². The summed E-state index contributed by atoms with van der Waals surface area (Å²) in [6.45, 7) is 0.664. The highest BCUT2D eigenvalue weighted by atomic mass is 16.4. The smallest absolute Gasteiger partial charge is 0.328 e. The molecule has 0 bridgehead atoms. The van der Waals surface area contributed by atoms with Gasteiger partial charge in [-0.1, -0.05) is 18.9 Å². The van der Waals surface area contributed by atoms with E-state index in [-0.39, 0.29) is 11.6 Å². The van der Waals surface area contributed by atoms with E-state index in [9.17, 15) is 9.59 Å². The Labute approximate surface area is 117 Å². The molecular formula is C15H18N2O3. The first-order valence-electron chi connectivity index (χ1n) is 6.81. The van der Waals surface area contributed by atoms with Gasteiger partial charge in [-0.3, -0.25) is 9.78 Å². The molecule has 0 saturated heterocycles. The van der Waals surface area contributed by atoms with E-state index in [0.717, 1.165) is 18.9 Å². The molecule has 0 radical (unpaired) electrons. The number of rotatable bonds is 5. The minimum Gasteiger partial charge on any atom is -0.478 e. The summed E-state index contributed by atoms with van der Waals surface area (Å²) in [4.78, 5) is 26.7. The number of nitrogens with one attached hydrogen (secondary N) is 1. The van der Waals surface area contributed by atoms with E-state index < -0.39 is 5.97 Å². The SMILES string of the molecule is O=C(O)/C=C/c1cccnc1C(=O)NCC1CCCC1. The second kappa shape index (κ2) is 6.84. The van der Waals surface area contributed by atoms with E-state index >= 15 is 0 Å². The zero-order chi connectivity index (χ0) is 14.4. The van der Waals surface area contributed by atoms with Crippen molar-refractivity contribution < 1.29 is 14.7 Å². The fourth-order valence-electron chi connectivity index (χ4n) is 2.44. The number of carboxylic acid groups (broad SMARTS) is 1. The lowest BCUT2D eigenvalue weighted by Crippen LogP contribution is -2.29. The van der Waals surface area contributed by atoms with Crippen molar-refractivity contribution in [3.05, 3.63) is 35.7 Å². The van der Waals surface area contributed by atoms with Crippen LogP contribution in [0.25, 0.3) is 6.08 Å². The van der Waals surface area contributed by atoms with Crippen LogP contribution >= 0.6 is 0 Å². The van der Waals surface area contributed by atoms with Gasteiger partial charge in [0.25, 0.3) is 5.91 Å². The van der Waals surface area contributed by atoms with Crippen LogP contribution in [-0.4, -0.2) is 28.5 Å². The summed E-state index contributed by atoms with van der Waals surface area (Å²) >= 11 is 0. The van der Waals surface area contributed by atoms with Crippen molar-refractivity contribution in [3.63, 3.8) is 0 Å². The largest absolute Gasteiger partial charge is 0.478 e. The molecule has 1 heterocycles. The van der Waals surface area contributed by atoms with E-state index in [1.807, 2.05) is 0 Å². The summed E-state index contributed by atoms with van der Waals surface area (Å²) in [7, 11) is 0. The predicted molar refractivity (Wildman–Crippen MR) is 75.2 cm³/mol. The van der Waals surface area contributed by atoms with Crippen LogP contribution in [0.1, 0.15) is 41.7 Å². The average Bonchev–Trinajstić information content (AvgIpc) is 2.96. The van der Waals surface area contributed by atoms with Gasteiger partial charge in [0.2, 0.25) is 0 Å². The van der Waals surface area contributed by atoms with Gasteiger partial charge >= 0.3 is 5.97 Å². The van der Waals surface area contributed by atoms with Gasteiger partial charge in [0.05, 0.1) is 0 Å². The molecule has 0 atom stereocenters. The normalized spacial score (nSPS) is 15.6. The highest BCUT2D eigenvalue weighted by Gasteiger charge is 2.17. The summed E-state index contributed by atoms with van der Waals surface area (Å²) in [5.41, 5.74) is 0.779. The Morgan fingerprint density at radius 1 is 1.40 bits per heavy atom. The Morgan fingerprint density at radius 3 is 2.85 bits per heavy atom. The summed E-state index contributed by atoms with van der Waals surface area (Å²) in [5, 5.41) is 11.5. The Balaban J connectivity index is 2.02. The first-order valence-corrected chi connectivity index (χ1v) is 6.81. The maximum Gasteiger partial charge on any atom is 0.328 e. The molecule has 0 unspecified atom stereocenters. The molecule has 20 heavy (non-hydrogen) atoms. The van der Waals surface area contributed by atoms with Crippen molar-refractivity contribution in [2.24, 2.45) is 5.92 Å². The Bertz CT molecular complexity index is 520. The number of aliphatic carboxylic acids is 1. The highest BCUT2D eigenvalue weighted by molar-refractivity contribution is 5.97. The molecular weight excluding hydrogens is 256 g/mol. The third kappa shape index (κ3) is 3.91. The minimum atomic E-state index is -1.05. The summed E-state index contributed by atoms with van der Waals surface area (Å²) in [6.07, 6.45) is 8.71.